The van der Waals surface area contributed by atoms with Gasteiger partial charge >= 0.3 is 0 Å². The van der Waals surface area contributed by atoms with Gasteiger partial charge in [0, 0.05) is 36.5 Å². The van der Waals surface area contributed by atoms with Gasteiger partial charge in [-0.2, -0.15) is 0 Å². The Kier molecular flexibility index (Phi) is 6.51. The van der Waals surface area contributed by atoms with Crippen LogP contribution in [0.3, 0.4) is 0 Å². The molecule has 1 aromatic heterocycles. The molecule has 0 saturated carbocycles. The van der Waals surface area contributed by atoms with E-state index >= 15 is 0 Å². The van der Waals surface area contributed by atoms with Gasteiger partial charge in [0.1, 0.15) is 5.82 Å². The number of carbonyl (C=O) groups is 1. The van der Waals surface area contributed by atoms with Gasteiger partial charge in [-0.05, 0) is 60.9 Å². The fourth-order valence-electron chi connectivity index (χ4n) is 4.18. The van der Waals surface area contributed by atoms with E-state index in [1.807, 2.05) is 0 Å². The lowest BCUT2D eigenvalue weighted by atomic mass is 10.1. The first kappa shape index (κ1) is 23.7. The molecule has 4 aromatic rings. The SMILES string of the molecule is O=C(c1ccc2c(=O)n(-c3ccc(F)cc3)c(SCc3ccc([N+](=O)[O-])cc3)nc2c1)N1CCCC1. The summed E-state index contributed by atoms with van der Waals surface area (Å²) in [7, 11) is 0. The zero-order chi connectivity index (χ0) is 25.2. The Labute approximate surface area is 209 Å². The molecule has 1 fully saturated rings. The third-order valence-corrected chi connectivity index (χ3v) is 7.09. The summed E-state index contributed by atoms with van der Waals surface area (Å²) in [5.41, 5.74) is 1.79. The second kappa shape index (κ2) is 9.90. The first-order valence-electron chi connectivity index (χ1n) is 11.4. The van der Waals surface area contributed by atoms with Gasteiger partial charge in [-0.25, -0.2) is 9.37 Å². The molecule has 36 heavy (non-hydrogen) atoms. The minimum atomic E-state index is -0.463. The van der Waals surface area contributed by atoms with Gasteiger partial charge in [-0.15, -0.1) is 0 Å². The van der Waals surface area contributed by atoms with Gasteiger partial charge < -0.3 is 4.90 Å². The standard InChI is InChI=1S/C26H21FN4O4S/c27-19-6-10-20(11-7-19)30-25(33)22-12-5-18(24(32)29-13-1-2-14-29)15-23(22)28-26(30)36-16-17-3-8-21(9-4-17)31(34)35/h3-12,15H,1-2,13-14,16H2. The maximum atomic E-state index is 13.6. The van der Waals surface area contributed by atoms with E-state index in [9.17, 15) is 24.1 Å². The summed E-state index contributed by atoms with van der Waals surface area (Å²) in [4.78, 5) is 43.4. The molecule has 10 heteroatoms. The van der Waals surface area contributed by atoms with Crippen LogP contribution in [0.4, 0.5) is 10.1 Å². The molecule has 0 atom stereocenters. The number of nitrogens with zero attached hydrogens (tertiary/aromatic N) is 4. The molecule has 0 spiro atoms. The first-order chi connectivity index (χ1) is 17.4. The number of hydrogen-bond acceptors (Lipinski definition) is 6. The highest BCUT2D eigenvalue weighted by molar-refractivity contribution is 7.98. The van der Waals surface area contributed by atoms with E-state index in [0.717, 1.165) is 18.4 Å². The summed E-state index contributed by atoms with van der Waals surface area (Å²) in [5, 5.41) is 11.6. The fourth-order valence-corrected chi connectivity index (χ4v) is 5.15. The summed E-state index contributed by atoms with van der Waals surface area (Å²) in [5.74, 6) is -0.117. The smallest absolute Gasteiger partial charge is 0.269 e. The summed E-state index contributed by atoms with van der Waals surface area (Å²) in [6.07, 6.45) is 1.95. The first-order valence-corrected chi connectivity index (χ1v) is 12.4. The van der Waals surface area contributed by atoms with Crippen molar-refractivity contribution < 1.29 is 14.1 Å². The maximum Gasteiger partial charge on any atom is 0.269 e. The van der Waals surface area contributed by atoms with Gasteiger partial charge in [0.2, 0.25) is 0 Å². The highest BCUT2D eigenvalue weighted by atomic mass is 32.2. The minimum Gasteiger partial charge on any atom is -0.339 e. The maximum absolute atomic E-state index is 13.6. The molecule has 0 radical (unpaired) electrons. The Morgan fingerprint density at radius 2 is 1.72 bits per heavy atom. The van der Waals surface area contributed by atoms with Gasteiger partial charge in [0.15, 0.2) is 5.16 Å². The van der Waals surface area contributed by atoms with Crippen molar-refractivity contribution in [2.45, 2.75) is 23.8 Å². The van der Waals surface area contributed by atoms with E-state index in [0.29, 0.717) is 46.2 Å². The Morgan fingerprint density at radius 3 is 2.39 bits per heavy atom. The molecule has 1 amide bonds. The second-order valence-corrected chi connectivity index (χ2v) is 9.40. The number of likely N-dealkylation sites (tertiary alicyclic amines) is 1. The van der Waals surface area contributed by atoms with Crippen LogP contribution in [0.25, 0.3) is 16.6 Å². The lowest BCUT2D eigenvalue weighted by molar-refractivity contribution is -0.384. The lowest BCUT2D eigenvalue weighted by Crippen LogP contribution is -2.28. The molecule has 0 N–H and O–H groups in total. The Bertz CT molecular complexity index is 1510. The molecule has 0 bridgehead atoms. The van der Waals surface area contributed by atoms with Gasteiger partial charge in [0.25, 0.3) is 17.2 Å². The van der Waals surface area contributed by atoms with Gasteiger partial charge in [-0.1, -0.05) is 23.9 Å². The number of halogens is 1. The van der Waals surface area contributed by atoms with Crippen molar-refractivity contribution in [3.8, 4) is 5.69 Å². The topological polar surface area (TPSA) is 98.3 Å². The molecule has 0 aliphatic carbocycles. The van der Waals surface area contributed by atoms with E-state index in [4.69, 9.17) is 4.98 Å². The number of hydrogen-bond donors (Lipinski definition) is 0. The van der Waals surface area contributed by atoms with Crippen LogP contribution < -0.4 is 5.56 Å². The number of non-ortho nitro benzene ring substituents is 1. The monoisotopic (exact) mass is 504 g/mol. The Morgan fingerprint density at radius 1 is 1.03 bits per heavy atom. The van der Waals surface area contributed by atoms with Crippen LogP contribution in [0, 0.1) is 15.9 Å². The molecule has 2 heterocycles. The zero-order valence-corrected chi connectivity index (χ0v) is 19.9. The molecule has 1 aliphatic heterocycles. The average molecular weight is 505 g/mol. The van der Waals surface area contributed by atoms with Crippen molar-refractivity contribution in [3.63, 3.8) is 0 Å². The number of fused-ring (bicyclic) bond motifs is 1. The van der Waals surface area contributed by atoms with Gasteiger partial charge in [0.05, 0.1) is 21.5 Å². The highest BCUT2D eigenvalue weighted by Crippen LogP contribution is 2.26. The normalized spacial score (nSPS) is 13.3. The average Bonchev–Trinajstić information content (AvgIpc) is 3.43. The number of aromatic nitrogens is 2. The quantitative estimate of drug-likeness (QED) is 0.159. The summed E-state index contributed by atoms with van der Waals surface area (Å²) in [6, 6.07) is 16.6. The molecular formula is C26H21FN4O4S. The highest BCUT2D eigenvalue weighted by Gasteiger charge is 2.21. The minimum absolute atomic E-state index is 0.00833. The van der Waals surface area contributed by atoms with Crippen LogP contribution in [0.2, 0.25) is 0 Å². The van der Waals surface area contributed by atoms with E-state index in [2.05, 4.69) is 0 Å². The van der Waals surface area contributed by atoms with E-state index in [1.54, 1.807) is 35.2 Å². The molecule has 8 nitrogen and oxygen atoms in total. The molecule has 5 rings (SSSR count). The summed E-state index contributed by atoms with van der Waals surface area (Å²) in [6.45, 7) is 1.43. The summed E-state index contributed by atoms with van der Waals surface area (Å²) >= 11 is 1.27. The lowest BCUT2D eigenvalue weighted by Gasteiger charge is -2.16. The van der Waals surface area contributed by atoms with Crippen molar-refractivity contribution in [2.75, 3.05) is 13.1 Å². The molecule has 182 valence electrons. The van der Waals surface area contributed by atoms with E-state index in [-0.39, 0.29) is 17.2 Å². The van der Waals surface area contributed by atoms with Crippen molar-refractivity contribution in [1.29, 1.82) is 0 Å². The van der Waals surface area contributed by atoms with E-state index in [1.165, 1.54) is 52.7 Å². The molecular weight excluding hydrogens is 483 g/mol. The third kappa shape index (κ3) is 4.72. The van der Waals surface area contributed by atoms with Crippen molar-refractivity contribution in [3.05, 3.63) is 104 Å². The number of carbonyl (C=O) groups excluding carboxylic acids is 1. The fraction of sp³-hybridized carbons (Fsp3) is 0.192. The van der Waals surface area contributed by atoms with Crippen molar-refractivity contribution in [1.82, 2.24) is 14.5 Å². The van der Waals surface area contributed by atoms with Crippen LogP contribution in [0.1, 0.15) is 28.8 Å². The van der Waals surface area contributed by atoms with Crippen LogP contribution in [-0.2, 0) is 5.75 Å². The van der Waals surface area contributed by atoms with E-state index < -0.39 is 10.7 Å². The van der Waals surface area contributed by atoms with Crippen LogP contribution in [0.5, 0.6) is 0 Å². The van der Waals surface area contributed by atoms with Crippen molar-refractivity contribution in [2.24, 2.45) is 0 Å². The second-order valence-electron chi connectivity index (χ2n) is 8.45. The van der Waals surface area contributed by atoms with Crippen LogP contribution in [-0.4, -0.2) is 38.4 Å². The number of nitro groups is 1. The molecule has 1 aliphatic rings. The largest absolute Gasteiger partial charge is 0.339 e. The Balaban J connectivity index is 1.56. The number of benzene rings is 3. The molecule has 1 saturated heterocycles. The molecule has 3 aromatic carbocycles. The number of amides is 1. The Hall–Kier alpha value is -4.05. The number of nitro benzene ring substituents is 1. The van der Waals surface area contributed by atoms with Crippen LogP contribution >= 0.6 is 11.8 Å². The third-order valence-electron chi connectivity index (χ3n) is 6.08. The zero-order valence-electron chi connectivity index (χ0n) is 19.1. The number of rotatable bonds is 6. The predicted molar refractivity (Wildman–Crippen MR) is 135 cm³/mol. The number of thioether (sulfide) groups is 1. The van der Waals surface area contributed by atoms with Crippen LogP contribution in [0.15, 0.2) is 76.7 Å². The predicted octanol–water partition coefficient (Wildman–Crippen LogP) is 4.96. The van der Waals surface area contributed by atoms with Gasteiger partial charge in [-0.3, -0.25) is 24.3 Å². The summed E-state index contributed by atoms with van der Waals surface area (Å²) < 4.78 is 15.0. The van der Waals surface area contributed by atoms with Crippen molar-refractivity contribution >= 4 is 34.3 Å². The molecule has 0 unspecified atom stereocenters.